The Hall–Kier alpha value is -0.480. The van der Waals surface area contributed by atoms with E-state index in [-0.39, 0.29) is 6.54 Å². The normalized spacial score (nSPS) is 13.8. The van der Waals surface area contributed by atoms with Crippen molar-refractivity contribution >= 4 is 0 Å². The Labute approximate surface area is 54.4 Å². The van der Waals surface area contributed by atoms with Crippen LogP contribution in [0.25, 0.3) is 0 Å². The van der Waals surface area contributed by atoms with E-state index in [4.69, 9.17) is 5.11 Å². The minimum atomic E-state index is -0.613. The van der Waals surface area contributed by atoms with Crippen LogP contribution >= 0.6 is 0 Å². The summed E-state index contributed by atoms with van der Waals surface area (Å²) in [5.74, 6) is 0. The van der Waals surface area contributed by atoms with Gasteiger partial charge in [-0.05, 0) is 14.1 Å². The molecule has 0 rings (SSSR count). The maximum atomic E-state index is 9.57. The van der Waals surface area contributed by atoms with Crippen LogP contribution in [0.5, 0.6) is 0 Å². The van der Waals surface area contributed by atoms with Gasteiger partial charge in [-0.2, -0.15) is 4.91 Å². The summed E-state index contributed by atoms with van der Waals surface area (Å²) in [5, 5.41) is 11.4. The number of nitrogens with zero attached hydrogens (tertiary/aromatic N) is 2. The van der Waals surface area contributed by atoms with E-state index in [0.717, 1.165) is 0 Å². The zero-order valence-corrected chi connectivity index (χ0v) is 5.74. The standard InChI is InChI=1S/C5H12N2O2/c1-7(2)4-5(8)3-6-9/h5,8H,3-4H2,1-2H3. The van der Waals surface area contributed by atoms with Gasteiger partial charge in [-0.15, -0.1) is 0 Å². The number of hydrogen-bond acceptors (Lipinski definition) is 4. The van der Waals surface area contributed by atoms with E-state index in [1.807, 2.05) is 14.1 Å². The van der Waals surface area contributed by atoms with Crippen molar-refractivity contribution < 1.29 is 5.11 Å². The second-order valence-corrected chi connectivity index (χ2v) is 2.23. The molecule has 0 aromatic rings. The summed E-state index contributed by atoms with van der Waals surface area (Å²) in [4.78, 5) is 11.4. The first kappa shape index (κ1) is 8.52. The number of aliphatic hydroxyl groups is 1. The molecule has 0 radical (unpaired) electrons. The maximum absolute atomic E-state index is 9.57. The van der Waals surface area contributed by atoms with Crippen LogP contribution in [0, 0.1) is 4.91 Å². The number of likely N-dealkylation sites (N-methyl/N-ethyl adjacent to an activating group) is 1. The molecule has 9 heavy (non-hydrogen) atoms. The first-order valence-corrected chi connectivity index (χ1v) is 2.78. The summed E-state index contributed by atoms with van der Waals surface area (Å²) in [7, 11) is 3.65. The van der Waals surface area contributed by atoms with E-state index in [1.165, 1.54) is 0 Å². The number of aliphatic hydroxyl groups excluding tert-OH is 1. The van der Waals surface area contributed by atoms with Gasteiger partial charge in [0.1, 0.15) is 6.54 Å². The molecule has 0 saturated heterocycles. The zero-order chi connectivity index (χ0) is 7.28. The van der Waals surface area contributed by atoms with Crippen LogP contribution in [0.15, 0.2) is 5.18 Å². The summed E-state index contributed by atoms with van der Waals surface area (Å²) in [6, 6.07) is 0. The van der Waals surface area contributed by atoms with Crippen molar-refractivity contribution in [2.45, 2.75) is 6.10 Å². The minimum absolute atomic E-state index is 0.0157. The van der Waals surface area contributed by atoms with Gasteiger partial charge >= 0.3 is 0 Å². The SMILES string of the molecule is CN(C)CC(O)CN=O. The average Bonchev–Trinajstić information content (AvgIpc) is 1.63. The molecule has 0 heterocycles. The topological polar surface area (TPSA) is 52.9 Å². The fourth-order valence-corrected chi connectivity index (χ4v) is 0.565. The zero-order valence-electron chi connectivity index (χ0n) is 5.74. The molecule has 0 fully saturated rings. The molecule has 0 aromatic carbocycles. The van der Waals surface area contributed by atoms with E-state index in [9.17, 15) is 4.91 Å². The lowest BCUT2D eigenvalue weighted by Gasteiger charge is -2.11. The van der Waals surface area contributed by atoms with Crippen LogP contribution in [-0.4, -0.2) is 43.3 Å². The molecule has 1 unspecified atom stereocenters. The minimum Gasteiger partial charge on any atom is -0.390 e. The summed E-state index contributed by atoms with van der Waals surface area (Å²) in [6.45, 7) is 0.476. The van der Waals surface area contributed by atoms with Gasteiger partial charge in [-0.3, -0.25) is 0 Å². The van der Waals surface area contributed by atoms with Gasteiger partial charge in [-0.25, -0.2) is 0 Å². The molecule has 0 saturated carbocycles. The van der Waals surface area contributed by atoms with Gasteiger partial charge in [0.05, 0.1) is 6.10 Å². The highest BCUT2D eigenvalue weighted by molar-refractivity contribution is 4.60. The maximum Gasteiger partial charge on any atom is 0.108 e. The van der Waals surface area contributed by atoms with E-state index in [1.54, 1.807) is 4.90 Å². The van der Waals surface area contributed by atoms with Gasteiger partial charge in [0.15, 0.2) is 0 Å². The fourth-order valence-electron chi connectivity index (χ4n) is 0.565. The van der Waals surface area contributed by atoms with Gasteiger partial charge in [0.2, 0.25) is 0 Å². The molecule has 0 aliphatic rings. The Morgan fingerprint density at radius 2 is 2.22 bits per heavy atom. The molecule has 54 valence electrons. The monoisotopic (exact) mass is 132 g/mol. The summed E-state index contributed by atoms with van der Waals surface area (Å²) < 4.78 is 0. The van der Waals surface area contributed by atoms with Crippen molar-refractivity contribution in [1.82, 2.24) is 4.90 Å². The molecule has 0 aliphatic heterocycles. The Morgan fingerprint density at radius 1 is 1.67 bits per heavy atom. The lowest BCUT2D eigenvalue weighted by molar-refractivity contribution is 0.144. The molecule has 1 N–H and O–H groups in total. The largest absolute Gasteiger partial charge is 0.390 e. The van der Waals surface area contributed by atoms with Crippen LogP contribution in [0.4, 0.5) is 0 Å². The van der Waals surface area contributed by atoms with E-state index in [0.29, 0.717) is 6.54 Å². The third-order valence-electron chi connectivity index (χ3n) is 0.861. The quantitative estimate of drug-likeness (QED) is 0.533. The predicted molar refractivity (Wildman–Crippen MR) is 35.2 cm³/mol. The fraction of sp³-hybridized carbons (Fsp3) is 1.00. The molecule has 4 nitrogen and oxygen atoms in total. The number of hydrogen-bond donors (Lipinski definition) is 1. The molecule has 0 amide bonds. The third-order valence-corrected chi connectivity index (χ3v) is 0.861. The first-order valence-electron chi connectivity index (χ1n) is 2.78. The van der Waals surface area contributed by atoms with Crippen LogP contribution in [-0.2, 0) is 0 Å². The van der Waals surface area contributed by atoms with Crippen molar-refractivity contribution in [3.8, 4) is 0 Å². The summed E-state index contributed by atoms with van der Waals surface area (Å²) in [5.41, 5.74) is 0. The van der Waals surface area contributed by atoms with Crippen molar-refractivity contribution in [1.29, 1.82) is 0 Å². The smallest absolute Gasteiger partial charge is 0.108 e. The van der Waals surface area contributed by atoms with Crippen molar-refractivity contribution in [3.63, 3.8) is 0 Å². The third kappa shape index (κ3) is 5.39. The Kier molecular flexibility index (Phi) is 4.17. The molecule has 0 spiro atoms. The highest BCUT2D eigenvalue weighted by Crippen LogP contribution is 1.85. The van der Waals surface area contributed by atoms with E-state index in [2.05, 4.69) is 5.18 Å². The highest BCUT2D eigenvalue weighted by atomic mass is 16.3. The van der Waals surface area contributed by atoms with Gasteiger partial charge in [0, 0.05) is 6.54 Å². The Balaban J connectivity index is 3.25. The molecule has 1 atom stereocenters. The van der Waals surface area contributed by atoms with Crippen molar-refractivity contribution in [2.24, 2.45) is 5.18 Å². The first-order chi connectivity index (χ1) is 4.16. The van der Waals surface area contributed by atoms with Gasteiger partial charge in [0.25, 0.3) is 0 Å². The van der Waals surface area contributed by atoms with Crippen molar-refractivity contribution in [2.75, 3.05) is 27.2 Å². The molecular weight excluding hydrogens is 120 g/mol. The molecule has 0 bridgehead atoms. The van der Waals surface area contributed by atoms with Crippen LogP contribution in [0.2, 0.25) is 0 Å². The van der Waals surface area contributed by atoms with E-state index >= 15 is 0 Å². The molecule has 4 heteroatoms. The second kappa shape index (κ2) is 4.40. The second-order valence-electron chi connectivity index (χ2n) is 2.23. The van der Waals surface area contributed by atoms with Crippen molar-refractivity contribution in [3.05, 3.63) is 4.91 Å². The highest BCUT2D eigenvalue weighted by Gasteiger charge is 2.03. The van der Waals surface area contributed by atoms with Crippen LogP contribution in [0.3, 0.4) is 0 Å². The summed E-state index contributed by atoms with van der Waals surface area (Å²) in [6.07, 6.45) is -0.613. The van der Waals surface area contributed by atoms with Gasteiger partial charge in [-0.1, -0.05) is 5.18 Å². The lowest BCUT2D eigenvalue weighted by atomic mass is 10.3. The molecule has 0 aromatic heterocycles. The molecular formula is C5H12N2O2. The van der Waals surface area contributed by atoms with Gasteiger partial charge < -0.3 is 10.0 Å². The number of nitroso groups, excluding NO2 is 1. The predicted octanol–water partition coefficient (Wildman–Crippen LogP) is -0.325. The average molecular weight is 132 g/mol. The molecule has 0 aliphatic carbocycles. The lowest BCUT2D eigenvalue weighted by Crippen LogP contribution is -2.27. The Morgan fingerprint density at radius 3 is 2.56 bits per heavy atom. The van der Waals surface area contributed by atoms with Crippen LogP contribution in [0.1, 0.15) is 0 Å². The Bertz CT molecular complexity index is 85.0. The summed E-state index contributed by atoms with van der Waals surface area (Å²) >= 11 is 0. The van der Waals surface area contributed by atoms with Crippen LogP contribution < -0.4 is 0 Å². The number of rotatable bonds is 4. The van der Waals surface area contributed by atoms with E-state index < -0.39 is 6.10 Å².